The summed E-state index contributed by atoms with van der Waals surface area (Å²) in [5.41, 5.74) is 6.45. The molecule has 4 nitrogen and oxygen atoms in total. The van der Waals surface area contributed by atoms with Gasteiger partial charge >= 0.3 is 0 Å². The van der Waals surface area contributed by atoms with Crippen molar-refractivity contribution in [3.05, 3.63) is 35.4 Å². The second-order valence-corrected chi connectivity index (χ2v) is 4.16. The smallest absolute Gasteiger partial charge is 0.261 e. The highest BCUT2D eigenvalue weighted by molar-refractivity contribution is 6.21. The van der Waals surface area contributed by atoms with E-state index in [0.717, 1.165) is 19.3 Å². The van der Waals surface area contributed by atoms with Crippen LogP contribution in [0, 0.1) is 0 Å². The summed E-state index contributed by atoms with van der Waals surface area (Å²) in [5, 5.41) is 0. The summed E-state index contributed by atoms with van der Waals surface area (Å²) < 4.78 is 0. The van der Waals surface area contributed by atoms with Gasteiger partial charge in [0.1, 0.15) is 0 Å². The maximum absolute atomic E-state index is 12.0. The number of rotatable bonds is 5. The summed E-state index contributed by atoms with van der Waals surface area (Å²) >= 11 is 0. The summed E-state index contributed by atoms with van der Waals surface area (Å²) in [6, 6.07) is 6.97. The van der Waals surface area contributed by atoms with Crippen LogP contribution in [0.4, 0.5) is 0 Å². The van der Waals surface area contributed by atoms with E-state index in [-0.39, 0.29) is 24.2 Å². The lowest BCUT2D eigenvalue weighted by atomic mass is 10.1. The Balaban J connectivity index is 0.00000162. The lowest BCUT2D eigenvalue weighted by Crippen LogP contribution is -2.30. The third-order valence-electron chi connectivity index (χ3n) is 2.96. The first-order chi connectivity index (χ1) is 8.25. The molecule has 18 heavy (non-hydrogen) atoms. The fourth-order valence-corrected chi connectivity index (χ4v) is 2.03. The molecule has 0 bridgehead atoms. The molecule has 0 spiro atoms. The Labute approximate surface area is 113 Å². The third kappa shape index (κ3) is 2.71. The first-order valence-corrected chi connectivity index (χ1v) is 5.91. The summed E-state index contributed by atoms with van der Waals surface area (Å²) in [5.74, 6) is -0.336. The molecule has 2 amide bonds. The normalized spacial score (nSPS) is 13.5. The number of carbonyl (C=O) groups excluding carboxylic acids is 2. The van der Waals surface area contributed by atoms with Crippen molar-refractivity contribution in [3.63, 3.8) is 0 Å². The predicted octanol–water partition coefficient (Wildman–Crippen LogP) is 1.83. The monoisotopic (exact) mass is 268 g/mol. The van der Waals surface area contributed by atoms with E-state index in [1.54, 1.807) is 24.3 Å². The Kier molecular flexibility index (Phi) is 5.31. The van der Waals surface area contributed by atoms with Gasteiger partial charge < -0.3 is 5.73 Å². The van der Waals surface area contributed by atoms with Crippen LogP contribution in [0.25, 0.3) is 0 Å². The Hall–Kier alpha value is -1.39. The third-order valence-corrected chi connectivity index (χ3v) is 2.96. The average molecular weight is 269 g/mol. The lowest BCUT2D eigenvalue weighted by Gasteiger charge is -2.13. The molecule has 5 heteroatoms. The van der Waals surface area contributed by atoms with Gasteiger partial charge in [-0.1, -0.05) is 18.6 Å². The fourth-order valence-electron chi connectivity index (χ4n) is 2.03. The number of hydrogen-bond donors (Lipinski definition) is 1. The van der Waals surface area contributed by atoms with Crippen LogP contribution in [0.15, 0.2) is 24.3 Å². The van der Waals surface area contributed by atoms with Crippen LogP contribution in [-0.4, -0.2) is 29.8 Å². The zero-order valence-electron chi connectivity index (χ0n) is 10.1. The summed E-state index contributed by atoms with van der Waals surface area (Å²) in [6.45, 7) is 1.15. The van der Waals surface area contributed by atoms with Gasteiger partial charge in [-0.25, -0.2) is 0 Å². The van der Waals surface area contributed by atoms with Gasteiger partial charge in [-0.2, -0.15) is 0 Å². The molecule has 0 radical (unpaired) electrons. The highest BCUT2D eigenvalue weighted by Crippen LogP contribution is 2.22. The molecular weight excluding hydrogens is 252 g/mol. The van der Waals surface area contributed by atoms with Crippen LogP contribution in [0.2, 0.25) is 0 Å². The quantitative estimate of drug-likeness (QED) is 0.655. The van der Waals surface area contributed by atoms with E-state index in [2.05, 4.69) is 0 Å². The second-order valence-electron chi connectivity index (χ2n) is 4.16. The molecule has 1 heterocycles. The van der Waals surface area contributed by atoms with Gasteiger partial charge in [0.15, 0.2) is 0 Å². The number of nitrogens with two attached hydrogens (primary N) is 1. The van der Waals surface area contributed by atoms with E-state index in [4.69, 9.17) is 5.73 Å². The minimum Gasteiger partial charge on any atom is -0.330 e. The Morgan fingerprint density at radius 2 is 1.50 bits per heavy atom. The number of halogens is 1. The number of benzene rings is 1. The molecule has 0 unspecified atom stereocenters. The molecule has 1 aliphatic rings. The van der Waals surface area contributed by atoms with Crippen molar-refractivity contribution in [2.45, 2.75) is 19.3 Å². The Morgan fingerprint density at radius 1 is 0.944 bits per heavy atom. The number of fused-ring (bicyclic) bond motifs is 1. The van der Waals surface area contributed by atoms with Crippen LogP contribution < -0.4 is 5.73 Å². The van der Waals surface area contributed by atoms with Crippen LogP contribution >= 0.6 is 12.4 Å². The van der Waals surface area contributed by atoms with Crippen molar-refractivity contribution in [1.29, 1.82) is 0 Å². The van der Waals surface area contributed by atoms with Crippen molar-refractivity contribution in [2.75, 3.05) is 13.1 Å². The molecule has 1 aromatic rings. The van der Waals surface area contributed by atoms with E-state index in [1.807, 2.05) is 0 Å². The topological polar surface area (TPSA) is 63.4 Å². The Morgan fingerprint density at radius 3 is 2.00 bits per heavy atom. The number of amides is 2. The summed E-state index contributed by atoms with van der Waals surface area (Å²) in [7, 11) is 0. The maximum Gasteiger partial charge on any atom is 0.261 e. The molecule has 0 saturated carbocycles. The maximum atomic E-state index is 12.0. The first kappa shape index (κ1) is 14.7. The molecule has 1 aliphatic heterocycles. The number of nitrogens with zero attached hydrogens (tertiary/aromatic N) is 1. The second kappa shape index (κ2) is 6.52. The van der Waals surface area contributed by atoms with Crippen LogP contribution in [-0.2, 0) is 0 Å². The zero-order valence-corrected chi connectivity index (χ0v) is 10.9. The fraction of sp³-hybridized carbons (Fsp3) is 0.385. The zero-order chi connectivity index (χ0) is 12.3. The summed E-state index contributed by atoms with van der Waals surface area (Å²) in [4.78, 5) is 25.2. The van der Waals surface area contributed by atoms with Gasteiger partial charge in [-0.05, 0) is 31.5 Å². The largest absolute Gasteiger partial charge is 0.330 e. The van der Waals surface area contributed by atoms with Crippen molar-refractivity contribution >= 4 is 24.2 Å². The first-order valence-electron chi connectivity index (χ1n) is 5.91. The molecule has 0 saturated heterocycles. The van der Waals surface area contributed by atoms with Crippen LogP contribution in [0.3, 0.4) is 0 Å². The van der Waals surface area contributed by atoms with Gasteiger partial charge in [0, 0.05) is 6.54 Å². The molecule has 98 valence electrons. The van der Waals surface area contributed by atoms with Gasteiger partial charge in [0.25, 0.3) is 11.8 Å². The molecule has 0 fully saturated rings. The van der Waals surface area contributed by atoms with E-state index in [1.165, 1.54) is 4.90 Å². The van der Waals surface area contributed by atoms with Crippen molar-refractivity contribution in [1.82, 2.24) is 4.90 Å². The minimum absolute atomic E-state index is 0. The highest BCUT2D eigenvalue weighted by atomic mass is 35.5. The van der Waals surface area contributed by atoms with E-state index in [9.17, 15) is 9.59 Å². The molecule has 1 aromatic carbocycles. The molecule has 0 aliphatic carbocycles. The van der Waals surface area contributed by atoms with Crippen molar-refractivity contribution in [2.24, 2.45) is 5.73 Å². The predicted molar refractivity (Wildman–Crippen MR) is 72.0 cm³/mol. The van der Waals surface area contributed by atoms with E-state index >= 15 is 0 Å². The van der Waals surface area contributed by atoms with Crippen LogP contribution in [0.1, 0.15) is 40.0 Å². The molecule has 0 aromatic heterocycles. The number of hydrogen-bond acceptors (Lipinski definition) is 3. The Bertz CT molecular complexity index is 413. The number of carbonyl (C=O) groups is 2. The minimum atomic E-state index is -0.168. The molecule has 2 rings (SSSR count). The van der Waals surface area contributed by atoms with Crippen molar-refractivity contribution in [3.8, 4) is 0 Å². The van der Waals surface area contributed by atoms with E-state index in [0.29, 0.717) is 24.2 Å². The molecule has 2 N–H and O–H groups in total. The van der Waals surface area contributed by atoms with Gasteiger partial charge in [0.05, 0.1) is 11.1 Å². The highest BCUT2D eigenvalue weighted by Gasteiger charge is 2.34. The van der Waals surface area contributed by atoms with Crippen LogP contribution in [0.5, 0.6) is 0 Å². The lowest BCUT2D eigenvalue weighted by molar-refractivity contribution is 0.0651. The standard InChI is InChI=1S/C13H16N2O2.ClH/c14-8-4-1-5-9-15-12(16)10-6-2-3-7-11(10)13(15)17;/h2-3,6-7H,1,4-5,8-9,14H2;1H. The van der Waals surface area contributed by atoms with Gasteiger partial charge in [-0.3, -0.25) is 14.5 Å². The van der Waals surface area contributed by atoms with Gasteiger partial charge in [-0.15, -0.1) is 12.4 Å². The van der Waals surface area contributed by atoms with Crippen molar-refractivity contribution < 1.29 is 9.59 Å². The number of unbranched alkanes of at least 4 members (excludes halogenated alkanes) is 2. The SMILES string of the molecule is Cl.NCCCCCN1C(=O)c2ccccc2C1=O. The van der Waals surface area contributed by atoms with Gasteiger partial charge in [0.2, 0.25) is 0 Å². The molecular formula is C13H17ClN2O2. The molecule has 0 atom stereocenters. The number of imide groups is 1. The van der Waals surface area contributed by atoms with E-state index < -0.39 is 0 Å². The average Bonchev–Trinajstić information content (AvgIpc) is 2.60. The summed E-state index contributed by atoms with van der Waals surface area (Å²) in [6.07, 6.45) is 2.70.